The molecule has 104 valence electrons. The number of amides is 1. The quantitative estimate of drug-likeness (QED) is 0.888. The maximum absolute atomic E-state index is 12.7. The van der Waals surface area contributed by atoms with E-state index in [4.69, 9.17) is 0 Å². The number of nitrogens with one attached hydrogen (secondary N) is 1. The van der Waals surface area contributed by atoms with Gasteiger partial charge >= 0.3 is 0 Å². The Balaban J connectivity index is 1.84. The highest BCUT2D eigenvalue weighted by atomic mass is 19.1. The lowest BCUT2D eigenvalue weighted by molar-refractivity contribution is -0.120. The third-order valence-electron chi connectivity index (χ3n) is 3.20. The Kier molecular flexibility index (Phi) is 4.88. The van der Waals surface area contributed by atoms with Crippen LogP contribution in [-0.2, 0) is 24.2 Å². The number of carbonyl (C=O) groups is 1. The van der Waals surface area contributed by atoms with Crippen molar-refractivity contribution < 1.29 is 9.18 Å². The fraction of sp³-hybridized carbons (Fsp3) is 0.235. The van der Waals surface area contributed by atoms with E-state index >= 15 is 0 Å². The SMILES string of the molecule is CCc1ccc(CC(=O)NCc2ccc(F)cc2)cc1. The van der Waals surface area contributed by atoms with Crippen LogP contribution in [0.25, 0.3) is 0 Å². The third kappa shape index (κ3) is 4.19. The molecule has 2 aromatic rings. The smallest absolute Gasteiger partial charge is 0.224 e. The largest absolute Gasteiger partial charge is 0.352 e. The molecule has 3 heteroatoms. The Labute approximate surface area is 118 Å². The van der Waals surface area contributed by atoms with Crippen molar-refractivity contribution in [2.75, 3.05) is 0 Å². The minimum atomic E-state index is -0.268. The van der Waals surface area contributed by atoms with Gasteiger partial charge in [-0.15, -0.1) is 0 Å². The summed E-state index contributed by atoms with van der Waals surface area (Å²) in [6, 6.07) is 14.2. The van der Waals surface area contributed by atoms with Crippen molar-refractivity contribution in [3.63, 3.8) is 0 Å². The number of carbonyl (C=O) groups excluding carboxylic acids is 1. The minimum absolute atomic E-state index is 0.0291. The van der Waals surface area contributed by atoms with Crippen LogP contribution in [0.2, 0.25) is 0 Å². The van der Waals surface area contributed by atoms with Crippen LogP contribution in [0.5, 0.6) is 0 Å². The molecule has 0 aliphatic heterocycles. The highest BCUT2D eigenvalue weighted by Crippen LogP contribution is 2.06. The molecule has 1 amide bonds. The molecule has 0 radical (unpaired) electrons. The molecule has 0 spiro atoms. The lowest BCUT2D eigenvalue weighted by Gasteiger charge is -2.06. The summed E-state index contributed by atoms with van der Waals surface area (Å²) in [6.45, 7) is 2.52. The standard InChI is InChI=1S/C17H18FNO/c1-2-13-3-5-14(6-4-13)11-17(20)19-12-15-7-9-16(18)10-8-15/h3-10H,2,11-12H2,1H3,(H,19,20). The zero-order valence-corrected chi connectivity index (χ0v) is 11.5. The van der Waals surface area contributed by atoms with Crippen molar-refractivity contribution in [2.24, 2.45) is 0 Å². The predicted molar refractivity (Wildman–Crippen MR) is 77.8 cm³/mol. The lowest BCUT2D eigenvalue weighted by atomic mass is 10.1. The van der Waals surface area contributed by atoms with Crippen molar-refractivity contribution in [1.82, 2.24) is 5.32 Å². The summed E-state index contributed by atoms with van der Waals surface area (Å²) < 4.78 is 12.7. The summed E-state index contributed by atoms with van der Waals surface area (Å²) in [4.78, 5) is 11.8. The maximum Gasteiger partial charge on any atom is 0.224 e. The molecule has 0 aromatic heterocycles. The van der Waals surface area contributed by atoms with E-state index in [0.29, 0.717) is 13.0 Å². The lowest BCUT2D eigenvalue weighted by Crippen LogP contribution is -2.24. The minimum Gasteiger partial charge on any atom is -0.352 e. The molecule has 0 bridgehead atoms. The summed E-state index contributed by atoms with van der Waals surface area (Å²) >= 11 is 0. The second-order valence-corrected chi connectivity index (χ2v) is 4.75. The van der Waals surface area contributed by atoms with Crippen LogP contribution in [0, 0.1) is 5.82 Å². The van der Waals surface area contributed by atoms with Crippen molar-refractivity contribution in [1.29, 1.82) is 0 Å². The van der Waals surface area contributed by atoms with Crippen LogP contribution in [0.15, 0.2) is 48.5 Å². The van der Waals surface area contributed by atoms with Gasteiger partial charge in [-0.25, -0.2) is 4.39 Å². The first-order chi connectivity index (χ1) is 9.67. The van der Waals surface area contributed by atoms with Crippen molar-refractivity contribution >= 4 is 5.91 Å². The number of hydrogen-bond acceptors (Lipinski definition) is 1. The van der Waals surface area contributed by atoms with Crippen LogP contribution in [0.4, 0.5) is 4.39 Å². The first-order valence-electron chi connectivity index (χ1n) is 6.76. The van der Waals surface area contributed by atoms with Gasteiger partial charge in [0.05, 0.1) is 6.42 Å². The van der Waals surface area contributed by atoms with Crippen LogP contribution in [-0.4, -0.2) is 5.91 Å². The highest BCUT2D eigenvalue weighted by Gasteiger charge is 2.03. The summed E-state index contributed by atoms with van der Waals surface area (Å²) in [7, 11) is 0. The number of benzene rings is 2. The van der Waals surface area contributed by atoms with Crippen LogP contribution >= 0.6 is 0 Å². The molecule has 2 aromatic carbocycles. The maximum atomic E-state index is 12.7. The van der Waals surface area contributed by atoms with E-state index in [1.807, 2.05) is 24.3 Å². The molecule has 0 saturated carbocycles. The zero-order chi connectivity index (χ0) is 14.4. The van der Waals surface area contributed by atoms with Crippen LogP contribution in [0.1, 0.15) is 23.6 Å². The van der Waals surface area contributed by atoms with E-state index in [1.165, 1.54) is 17.7 Å². The summed E-state index contributed by atoms with van der Waals surface area (Å²) in [5.74, 6) is -0.297. The molecule has 1 N–H and O–H groups in total. The number of hydrogen-bond donors (Lipinski definition) is 1. The van der Waals surface area contributed by atoms with Gasteiger partial charge in [-0.2, -0.15) is 0 Å². The molecule has 0 heterocycles. The molecule has 20 heavy (non-hydrogen) atoms. The van der Waals surface area contributed by atoms with E-state index < -0.39 is 0 Å². The van der Waals surface area contributed by atoms with Gasteiger partial charge in [-0.05, 0) is 35.2 Å². The zero-order valence-electron chi connectivity index (χ0n) is 11.5. The van der Waals surface area contributed by atoms with Gasteiger partial charge in [0.25, 0.3) is 0 Å². The normalized spacial score (nSPS) is 10.3. The molecule has 0 unspecified atom stereocenters. The van der Waals surface area contributed by atoms with Gasteiger partial charge in [-0.1, -0.05) is 43.3 Å². The van der Waals surface area contributed by atoms with Crippen LogP contribution < -0.4 is 5.32 Å². The van der Waals surface area contributed by atoms with E-state index in [2.05, 4.69) is 12.2 Å². The Morgan fingerprint density at radius 1 is 0.950 bits per heavy atom. The fourth-order valence-electron chi connectivity index (χ4n) is 1.94. The Bertz CT molecular complexity index is 561. The number of halogens is 1. The van der Waals surface area contributed by atoms with Gasteiger partial charge in [0.2, 0.25) is 5.91 Å². The van der Waals surface area contributed by atoms with E-state index in [9.17, 15) is 9.18 Å². The Morgan fingerprint density at radius 2 is 1.50 bits per heavy atom. The van der Waals surface area contributed by atoms with E-state index in [0.717, 1.165) is 17.5 Å². The molecule has 0 aliphatic carbocycles. The summed E-state index contributed by atoms with van der Waals surface area (Å²) in [6.07, 6.45) is 1.36. The number of rotatable bonds is 5. The molecule has 2 rings (SSSR count). The average molecular weight is 271 g/mol. The third-order valence-corrected chi connectivity index (χ3v) is 3.20. The monoisotopic (exact) mass is 271 g/mol. The first-order valence-corrected chi connectivity index (χ1v) is 6.76. The summed E-state index contributed by atoms with van der Waals surface area (Å²) in [5.41, 5.74) is 3.15. The first kappa shape index (κ1) is 14.3. The molecule has 0 atom stereocenters. The van der Waals surface area contributed by atoms with Gasteiger partial charge in [0, 0.05) is 6.54 Å². The Hall–Kier alpha value is -2.16. The van der Waals surface area contributed by atoms with Gasteiger partial charge < -0.3 is 5.32 Å². The average Bonchev–Trinajstić information content (AvgIpc) is 2.47. The summed E-state index contributed by atoms with van der Waals surface area (Å²) in [5, 5.41) is 2.83. The molecule has 2 nitrogen and oxygen atoms in total. The van der Waals surface area contributed by atoms with Crippen molar-refractivity contribution in [3.8, 4) is 0 Å². The van der Waals surface area contributed by atoms with Crippen LogP contribution in [0.3, 0.4) is 0 Å². The van der Waals surface area contributed by atoms with Gasteiger partial charge in [0.1, 0.15) is 5.82 Å². The van der Waals surface area contributed by atoms with E-state index in [-0.39, 0.29) is 11.7 Å². The van der Waals surface area contributed by atoms with Crippen molar-refractivity contribution in [2.45, 2.75) is 26.3 Å². The fourth-order valence-corrected chi connectivity index (χ4v) is 1.94. The predicted octanol–water partition coefficient (Wildman–Crippen LogP) is 3.25. The molecule has 0 aliphatic rings. The van der Waals surface area contributed by atoms with Gasteiger partial charge in [-0.3, -0.25) is 4.79 Å². The Morgan fingerprint density at radius 3 is 2.10 bits per heavy atom. The topological polar surface area (TPSA) is 29.1 Å². The second kappa shape index (κ2) is 6.85. The van der Waals surface area contributed by atoms with Crippen molar-refractivity contribution in [3.05, 3.63) is 71.0 Å². The van der Waals surface area contributed by atoms with E-state index in [1.54, 1.807) is 12.1 Å². The molecular weight excluding hydrogens is 253 g/mol. The second-order valence-electron chi connectivity index (χ2n) is 4.75. The molecule has 0 saturated heterocycles. The number of aryl methyl sites for hydroxylation is 1. The highest BCUT2D eigenvalue weighted by molar-refractivity contribution is 5.78. The molecule has 0 fully saturated rings. The molecular formula is C17H18FNO. The van der Waals surface area contributed by atoms with Gasteiger partial charge in [0.15, 0.2) is 0 Å².